The third kappa shape index (κ3) is 3.19. The Labute approximate surface area is 116 Å². The number of carbonyl (C=O) groups excluding carboxylic acids is 1. The molecule has 1 heterocycles. The maximum atomic E-state index is 12.2. The molecule has 0 aliphatic heterocycles. The van der Waals surface area contributed by atoms with Gasteiger partial charge in [0.1, 0.15) is 0 Å². The largest absolute Gasteiger partial charge is 0.395 e. The molecule has 4 nitrogen and oxygen atoms in total. The topological polar surface area (TPSA) is 53.4 Å². The molecule has 0 fully saturated rings. The summed E-state index contributed by atoms with van der Waals surface area (Å²) in [6, 6.07) is 7.40. The van der Waals surface area contributed by atoms with Crippen molar-refractivity contribution in [2.45, 2.75) is 6.92 Å². The van der Waals surface area contributed by atoms with E-state index in [1.54, 1.807) is 33.9 Å². The standard InChI is InChI=1S/C14H16N2O2S/c1-2-16(7-8-17)14(18)12-5-3-11(4-6-12)13-9-19-10-15-13/h3-6,9-10,17H,2,7-8H2,1H3. The smallest absolute Gasteiger partial charge is 0.253 e. The highest BCUT2D eigenvalue weighted by Gasteiger charge is 2.13. The van der Waals surface area contributed by atoms with Crippen LogP contribution in [0.3, 0.4) is 0 Å². The monoisotopic (exact) mass is 276 g/mol. The molecule has 5 heteroatoms. The molecule has 0 saturated carbocycles. The molecule has 2 aromatic rings. The Kier molecular flexibility index (Phi) is 4.65. The van der Waals surface area contributed by atoms with E-state index < -0.39 is 0 Å². The van der Waals surface area contributed by atoms with Crippen molar-refractivity contribution in [2.24, 2.45) is 0 Å². The summed E-state index contributed by atoms with van der Waals surface area (Å²) in [5, 5.41) is 10.9. The van der Waals surface area contributed by atoms with Crippen molar-refractivity contribution >= 4 is 17.2 Å². The Morgan fingerprint density at radius 2 is 2.11 bits per heavy atom. The van der Waals surface area contributed by atoms with E-state index in [0.29, 0.717) is 18.7 Å². The molecule has 1 aromatic carbocycles. The Balaban J connectivity index is 2.16. The number of aliphatic hydroxyl groups is 1. The number of benzene rings is 1. The Hall–Kier alpha value is -1.72. The number of likely N-dealkylation sites (N-methyl/N-ethyl adjacent to an activating group) is 1. The van der Waals surface area contributed by atoms with Crippen molar-refractivity contribution in [3.8, 4) is 11.3 Å². The van der Waals surface area contributed by atoms with Crippen LogP contribution in [0.4, 0.5) is 0 Å². The summed E-state index contributed by atoms with van der Waals surface area (Å²) in [6.07, 6.45) is 0. The fraction of sp³-hybridized carbons (Fsp3) is 0.286. The molecule has 100 valence electrons. The molecule has 1 amide bonds. The van der Waals surface area contributed by atoms with Gasteiger partial charge in [-0.15, -0.1) is 11.3 Å². The lowest BCUT2D eigenvalue weighted by Gasteiger charge is -2.19. The number of nitrogens with zero attached hydrogens (tertiary/aromatic N) is 2. The molecular weight excluding hydrogens is 260 g/mol. The number of carbonyl (C=O) groups is 1. The zero-order valence-electron chi connectivity index (χ0n) is 10.7. The molecule has 0 atom stereocenters. The second kappa shape index (κ2) is 6.45. The third-order valence-electron chi connectivity index (χ3n) is 2.90. The Morgan fingerprint density at radius 1 is 1.37 bits per heavy atom. The van der Waals surface area contributed by atoms with Crippen molar-refractivity contribution in [1.29, 1.82) is 0 Å². The molecule has 0 spiro atoms. The van der Waals surface area contributed by atoms with Crippen LogP contribution in [0.2, 0.25) is 0 Å². The molecule has 0 bridgehead atoms. The fourth-order valence-electron chi connectivity index (χ4n) is 1.85. The lowest BCUT2D eigenvalue weighted by atomic mass is 10.1. The summed E-state index contributed by atoms with van der Waals surface area (Å²) in [4.78, 5) is 18.0. The number of thiazole rings is 1. The zero-order valence-corrected chi connectivity index (χ0v) is 11.6. The van der Waals surface area contributed by atoms with Crippen molar-refractivity contribution in [1.82, 2.24) is 9.88 Å². The van der Waals surface area contributed by atoms with Gasteiger partial charge in [0.05, 0.1) is 17.8 Å². The van der Waals surface area contributed by atoms with E-state index in [2.05, 4.69) is 4.98 Å². The van der Waals surface area contributed by atoms with Gasteiger partial charge in [-0.3, -0.25) is 4.79 Å². The first kappa shape index (κ1) is 13.7. The van der Waals surface area contributed by atoms with Crippen LogP contribution < -0.4 is 0 Å². The number of rotatable bonds is 5. The minimum Gasteiger partial charge on any atom is -0.395 e. The van der Waals surface area contributed by atoms with Crippen molar-refractivity contribution in [3.63, 3.8) is 0 Å². The first-order valence-electron chi connectivity index (χ1n) is 6.15. The molecule has 2 rings (SSSR count). The van der Waals surface area contributed by atoms with E-state index in [0.717, 1.165) is 11.3 Å². The van der Waals surface area contributed by atoms with E-state index in [1.165, 1.54) is 0 Å². The summed E-state index contributed by atoms with van der Waals surface area (Å²) in [6.45, 7) is 2.84. The highest BCUT2D eigenvalue weighted by atomic mass is 32.1. The zero-order chi connectivity index (χ0) is 13.7. The molecule has 0 saturated heterocycles. The van der Waals surface area contributed by atoms with Gasteiger partial charge in [-0.2, -0.15) is 0 Å². The molecular formula is C14H16N2O2S. The van der Waals surface area contributed by atoms with Crippen LogP contribution in [0.25, 0.3) is 11.3 Å². The molecule has 19 heavy (non-hydrogen) atoms. The highest BCUT2D eigenvalue weighted by molar-refractivity contribution is 7.07. The quantitative estimate of drug-likeness (QED) is 0.911. The van der Waals surface area contributed by atoms with Crippen LogP contribution in [0.5, 0.6) is 0 Å². The van der Waals surface area contributed by atoms with Crippen LogP contribution in [0.1, 0.15) is 17.3 Å². The molecule has 0 unspecified atom stereocenters. The first-order chi connectivity index (χ1) is 9.26. The van der Waals surface area contributed by atoms with Crippen molar-refractivity contribution in [2.75, 3.05) is 19.7 Å². The van der Waals surface area contributed by atoms with Gasteiger partial charge in [-0.25, -0.2) is 4.98 Å². The van der Waals surface area contributed by atoms with Gasteiger partial charge < -0.3 is 10.0 Å². The number of amides is 1. The van der Waals surface area contributed by atoms with E-state index in [9.17, 15) is 4.79 Å². The van der Waals surface area contributed by atoms with Gasteiger partial charge in [-0.1, -0.05) is 12.1 Å². The van der Waals surface area contributed by atoms with Crippen LogP contribution in [0.15, 0.2) is 35.2 Å². The predicted octanol–water partition coefficient (Wildman–Crippen LogP) is 2.26. The third-order valence-corrected chi connectivity index (χ3v) is 3.49. The van der Waals surface area contributed by atoms with E-state index >= 15 is 0 Å². The maximum absolute atomic E-state index is 12.2. The van der Waals surface area contributed by atoms with Crippen LogP contribution >= 0.6 is 11.3 Å². The lowest BCUT2D eigenvalue weighted by Crippen LogP contribution is -2.33. The van der Waals surface area contributed by atoms with E-state index in [-0.39, 0.29) is 12.5 Å². The average molecular weight is 276 g/mol. The number of aliphatic hydroxyl groups excluding tert-OH is 1. The summed E-state index contributed by atoms with van der Waals surface area (Å²) in [5.41, 5.74) is 4.35. The average Bonchev–Trinajstić information content (AvgIpc) is 2.98. The van der Waals surface area contributed by atoms with Crippen molar-refractivity contribution in [3.05, 3.63) is 40.7 Å². The number of aromatic nitrogens is 1. The minimum absolute atomic E-state index is 0.0174. The Bertz CT molecular complexity index is 523. The SMILES string of the molecule is CCN(CCO)C(=O)c1ccc(-c2cscn2)cc1. The maximum Gasteiger partial charge on any atom is 0.253 e. The molecule has 1 aromatic heterocycles. The first-order valence-corrected chi connectivity index (χ1v) is 7.09. The van der Waals surface area contributed by atoms with Crippen molar-refractivity contribution < 1.29 is 9.90 Å². The molecule has 0 aliphatic carbocycles. The van der Waals surface area contributed by atoms with Gasteiger partial charge in [0.15, 0.2) is 0 Å². The number of hydrogen-bond acceptors (Lipinski definition) is 4. The summed E-state index contributed by atoms with van der Waals surface area (Å²) >= 11 is 1.55. The van der Waals surface area contributed by atoms with Gasteiger partial charge in [-0.05, 0) is 19.1 Å². The van der Waals surface area contributed by atoms with E-state index in [4.69, 9.17) is 5.11 Å². The van der Waals surface area contributed by atoms with Gasteiger partial charge in [0.25, 0.3) is 5.91 Å². The highest BCUT2D eigenvalue weighted by Crippen LogP contribution is 2.19. The lowest BCUT2D eigenvalue weighted by molar-refractivity contribution is 0.0732. The van der Waals surface area contributed by atoms with Crippen LogP contribution in [0, 0.1) is 0 Å². The van der Waals surface area contributed by atoms with Gasteiger partial charge in [0.2, 0.25) is 0 Å². The summed E-state index contributed by atoms with van der Waals surface area (Å²) in [7, 11) is 0. The second-order valence-corrected chi connectivity index (χ2v) is 4.78. The van der Waals surface area contributed by atoms with E-state index in [1.807, 2.05) is 24.4 Å². The normalized spacial score (nSPS) is 10.4. The fourth-order valence-corrected chi connectivity index (χ4v) is 2.41. The predicted molar refractivity (Wildman–Crippen MR) is 76.2 cm³/mol. The minimum atomic E-state index is -0.0543. The summed E-state index contributed by atoms with van der Waals surface area (Å²) < 4.78 is 0. The molecule has 0 aliphatic rings. The second-order valence-electron chi connectivity index (χ2n) is 4.06. The molecule has 1 N–H and O–H groups in total. The van der Waals surface area contributed by atoms with Gasteiger partial charge >= 0.3 is 0 Å². The Morgan fingerprint density at radius 3 is 2.63 bits per heavy atom. The van der Waals surface area contributed by atoms with Crippen LogP contribution in [-0.2, 0) is 0 Å². The van der Waals surface area contributed by atoms with Gasteiger partial charge in [0, 0.05) is 29.6 Å². The number of hydrogen-bond donors (Lipinski definition) is 1. The summed E-state index contributed by atoms with van der Waals surface area (Å²) in [5.74, 6) is -0.0543. The molecule has 0 radical (unpaired) electrons. The van der Waals surface area contributed by atoms with Crippen LogP contribution in [-0.4, -0.2) is 40.6 Å².